The van der Waals surface area contributed by atoms with Crippen molar-refractivity contribution in [1.29, 1.82) is 16.2 Å². The van der Waals surface area contributed by atoms with Crippen molar-refractivity contribution in [2.45, 2.75) is 19.9 Å². The normalized spacial score (nSPS) is 11.3. The summed E-state index contributed by atoms with van der Waals surface area (Å²) in [4.78, 5) is 16.6. The van der Waals surface area contributed by atoms with Gasteiger partial charge in [-0.05, 0) is 19.4 Å². The van der Waals surface area contributed by atoms with Crippen molar-refractivity contribution < 1.29 is 9.53 Å². The number of anilines is 2. The Kier molecular flexibility index (Phi) is 7.32. The molecule has 1 heterocycles. The van der Waals surface area contributed by atoms with Crippen LogP contribution < -0.4 is 16.4 Å². The number of pyridine rings is 1. The van der Waals surface area contributed by atoms with Crippen LogP contribution in [0.3, 0.4) is 0 Å². The van der Waals surface area contributed by atoms with Crippen molar-refractivity contribution in [3.8, 4) is 0 Å². The molecule has 9 nitrogen and oxygen atoms in total. The maximum absolute atomic E-state index is 12.4. The number of nitrogens with two attached hydrogens (primary N) is 1. The Balaban J connectivity index is 2.27. The van der Waals surface area contributed by atoms with E-state index in [-0.39, 0.29) is 44.8 Å². The number of hydrogen-bond donors (Lipinski definition) is 6. The van der Waals surface area contributed by atoms with E-state index in [1.54, 1.807) is 0 Å². The Bertz CT molecular complexity index is 947. The van der Waals surface area contributed by atoms with Crippen LogP contribution in [0, 0.1) is 16.2 Å². The van der Waals surface area contributed by atoms with Crippen LogP contribution in [-0.2, 0) is 4.74 Å². The number of benzene rings is 1. The number of urea groups is 1. The van der Waals surface area contributed by atoms with Crippen LogP contribution in [0.4, 0.5) is 16.3 Å². The topological polar surface area (TPSA) is 161 Å². The average molecular weight is 414 g/mol. The number of nitrogens with zero attached hydrogens (tertiary/aromatic N) is 1. The van der Waals surface area contributed by atoms with E-state index in [1.807, 2.05) is 37.3 Å². The summed E-state index contributed by atoms with van der Waals surface area (Å²) in [7, 11) is 1.31. The third-order valence-corrected chi connectivity index (χ3v) is 4.54. The molecule has 1 atom stereocenters. The molecule has 152 valence electrons. The quantitative estimate of drug-likeness (QED) is 0.326. The second-order valence-corrected chi connectivity index (χ2v) is 7.30. The molecular formula is C19H23N7O2S. The van der Waals surface area contributed by atoms with Crippen molar-refractivity contribution >= 4 is 45.3 Å². The van der Waals surface area contributed by atoms with E-state index >= 15 is 0 Å². The minimum absolute atomic E-state index is 0.0554. The second kappa shape index (κ2) is 9.69. The number of hydrogen-bond acceptors (Lipinski definition) is 8. The first-order valence-electron chi connectivity index (χ1n) is 8.60. The number of ether oxygens (including phenoxy) is 1. The fourth-order valence-electron chi connectivity index (χ4n) is 2.51. The van der Waals surface area contributed by atoms with Gasteiger partial charge in [0.2, 0.25) is 5.90 Å². The molecule has 0 bridgehead atoms. The number of thioether (sulfide) groups is 1. The molecule has 0 saturated heterocycles. The van der Waals surface area contributed by atoms with E-state index in [1.165, 1.54) is 20.1 Å². The van der Waals surface area contributed by atoms with Gasteiger partial charge >= 0.3 is 6.03 Å². The molecule has 10 heteroatoms. The lowest BCUT2D eigenvalue weighted by molar-refractivity contribution is 0.249. The zero-order chi connectivity index (χ0) is 21.6. The molecule has 0 saturated carbocycles. The Morgan fingerprint density at radius 1 is 1.24 bits per heavy atom. The molecule has 0 radical (unpaired) electrons. The molecule has 7 N–H and O–H groups in total. The number of methoxy groups -OCH3 is 1. The van der Waals surface area contributed by atoms with Crippen molar-refractivity contribution in [3.05, 3.63) is 53.2 Å². The highest BCUT2D eigenvalue weighted by Crippen LogP contribution is 2.25. The van der Waals surface area contributed by atoms with Crippen LogP contribution in [0.25, 0.3) is 0 Å². The number of nitrogen functional groups attached to an aromatic ring is 1. The lowest BCUT2D eigenvalue weighted by Crippen LogP contribution is -2.31. The fraction of sp³-hybridized carbons (Fsp3) is 0.211. The molecule has 0 aliphatic carbocycles. The molecular weight excluding hydrogens is 390 g/mol. The smallest absolute Gasteiger partial charge is 0.320 e. The van der Waals surface area contributed by atoms with E-state index in [0.29, 0.717) is 0 Å². The SMILES string of the molecule is COC(=N)c1c(N)cc(NC(=O)N[C@H](C)c2ccccc2)nc1C(=N)SC(C)=N. The minimum atomic E-state index is -0.490. The number of carbonyl (C=O) groups is 1. The van der Waals surface area contributed by atoms with Crippen LogP contribution >= 0.6 is 11.8 Å². The summed E-state index contributed by atoms with van der Waals surface area (Å²) < 4.78 is 4.94. The summed E-state index contributed by atoms with van der Waals surface area (Å²) in [5.41, 5.74) is 7.30. The maximum atomic E-state index is 12.4. The van der Waals surface area contributed by atoms with E-state index in [2.05, 4.69) is 15.6 Å². The highest BCUT2D eigenvalue weighted by molar-refractivity contribution is 8.26. The highest BCUT2D eigenvalue weighted by Gasteiger charge is 2.21. The average Bonchev–Trinajstić information content (AvgIpc) is 2.67. The largest absolute Gasteiger partial charge is 0.481 e. The van der Waals surface area contributed by atoms with Crippen LogP contribution in [-0.4, -0.2) is 34.1 Å². The summed E-state index contributed by atoms with van der Waals surface area (Å²) in [6.45, 7) is 3.38. The summed E-state index contributed by atoms with van der Waals surface area (Å²) in [5.74, 6) is -0.136. The molecule has 0 spiro atoms. The molecule has 1 aromatic carbocycles. The van der Waals surface area contributed by atoms with E-state index < -0.39 is 6.03 Å². The first-order chi connectivity index (χ1) is 13.7. The number of nitrogens with one attached hydrogen (secondary N) is 5. The zero-order valence-corrected chi connectivity index (χ0v) is 17.1. The number of aromatic nitrogens is 1. The van der Waals surface area contributed by atoms with Gasteiger partial charge in [-0.2, -0.15) is 0 Å². The molecule has 2 amide bonds. The minimum Gasteiger partial charge on any atom is -0.481 e. The second-order valence-electron chi connectivity index (χ2n) is 6.07. The van der Waals surface area contributed by atoms with Crippen molar-refractivity contribution in [2.24, 2.45) is 0 Å². The van der Waals surface area contributed by atoms with Gasteiger partial charge in [0.1, 0.15) is 16.6 Å². The van der Waals surface area contributed by atoms with Gasteiger partial charge in [-0.1, -0.05) is 42.1 Å². The molecule has 0 aliphatic rings. The lowest BCUT2D eigenvalue weighted by Gasteiger charge is -2.17. The number of amides is 2. The van der Waals surface area contributed by atoms with Gasteiger partial charge in [-0.15, -0.1) is 0 Å². The van der Waals surface area contributed by atoms with Crippen molar-refractivity contribution in [1.82, 2.24) is 10.3 Å². The monoisotopic (exact) mass is 413 g/mol. The van der Waals surface area contributed by atoms with E-state index in [0.717, 1.165) is 17.3 Å². The van der Waals surface area contributed by atoms with Gasteiger partial charge in [0.05, 0.1) is 29.4 Å². The lowest BCUT2D eigenvalue weighted by atomic mass is 10.1. The third-order valence-electron chi connectivity index (χ3n) is 3.84. The summed E-state index contributed by atoms with van der Waals surface area (Å²) in [6.07, 6.45) is 0. The summed E-state index contributed by atoms with van der Waals surface area (Å²) in [5, 5.41) is 29.2. The Morgan fingerprint density at radius 3 is 2.48 bits per heavy atom. The van der Waals surface area contributed by atoms with Crippen LogP contribution in [0.5, 0.6) is 0 Å². The standard InChI is InChI=1S/C19H23N7O2S/c1-10(12-7-5-4-6-8-12)24-19(27)26-14-9-13(21)15(17(22)28-3)16(25-14)18(23)29-11(2)20/h4-10,20,22-23H,1-3H3,(H4,21,24,25,26,27)/t10-/m1/s1. The van der Waals surface area contributed by atoms with Crippen LogP contribution in [0.15, 0.2) is 36.4 Å². The van der Waals surface area contributed by atoms with Gasteiger partial charge in [0, 0.05) is 6.07 Å². The van der Waals surface area contributed by atoms with Crippen LogP contribution in [0.1, 0.15) is 36.7 Å². The number of rotatable bonds is 5. The molecule has 2 rings (SSSR count). The van der Waals surface area contributed by atoms with Gasteiger partial charge < -0.3 is 15.8 Å². The fourth-order valence-corrected chi connectivity index (χ4v) is 3.06. The Morgan fingerprint density at radius 2 is 1.90 bits per heavy atom. The summed E-state index contributed by atoms with van der Waals surface area (Å²) >= 11 is 0.862. The Hall–Kier alpha value is -3.40. The van der Waals surface area contributed by atoms with Gasteiger partial charge in [0.25, 0.3) is 0 Å². The zero-order valence-electron chi connectivity index (χ0n) is 16.3. The van der Waals surface area contributed by atoms with E-state index in [4.69, 9.17) is 26.7 Å². The molecule has 0 fully saturated rings. The Labute approximate surface area is 173 Å². The molecule has 29 heavy (non-hydrogen) atoms. The first kappa shape index (κ1) is 21.9. The predicted molar refractivity (Wildman–Crippen MR) is 117 cm³/mol. The molecule has 1 aromatic heterocycles. The first-order valence-corrected chi connectivity index (χ1v) is 9.42. The van der Waals surface area contributed by atoms with Crippen molar-refractivity contribution in [3.63, 3.8) is 0 Å². The molecule has 0 aliphatic heterocycles. The number of carbonyl (C=O) groups excluding carboxylic acids is 1. The van der Waals surface area contributed by atoms with Gasteiger partial charge in [-0.3, -0.25) is 21.5 Å². The van der Waals surface area contributed by atoms with E-state index in [9.17, 15) is 4.79 Å². The maximum Gasteiger partial charge on any atom is 0.320 e. The van der Waals surface area contributed by atoms with Gasteiger partial charge in [-0.25, -0.2) is 9.78 Å². The highest BCUT2D eigenvalue weighted by atomic mass is 32.2. The molecule has 2 aromatic rings. The van der Waals surface area contributed by atoms with Gasteiger partial charge in [0.15, 0.2) is 0 Å². The summed E-state index contributed by atoms with van der Waals surface area (Å²) in [6, 6.07) is 10.2. The van der Waals surface area contributed by atoms with Crippen molar-refractivity contribution in [2.75, 3.05) is 18.2 Å². The predicted octanol–water partition coefficient (Wildman–Crippen LogP) is 3.57. The molecule has 0 unspecified atom stereocenters. The third kappa shape index (κ3) is 5.79. The van der Waals surface area contributed by atoms with Crippen LogP contribution in [0.2, 0.25) is 0 Å².